The van der Waals surface area contributed by atoms with E-state index in [0.717, 1.165) is 18.9 Å². The van der Waals surface area contributed by atoms with Gasteiger partial charge in [0.05, 0.1) is 19.0 Å². The van der Waals surface area contributed by atoms with E-state index in [1.54, 1.807) is 19.3 Å². The lowest BCUT2D eigenvalue weighted by atomic mass is 10.2. The summed E-state index contributed by atoms with van der Waals surface area (Å²) in [5.41, 5.74) is 0. The number of anilines is 1. The van der Waals surface area contributed by atoms with E-state index >= 15 is 0 Å². The van der Waals surface area contributed by atoms with Gasteiger partial charge in [-0.3, -0.25) is 14.7 Å². The second-order valence-electron chi connectivity index (χ2n) is 4.69. The fraction of sp³-hybridized carbons (Fsp3) is 0.615. The van der Waals surface area contributed by atoms with E-state index in [2.05, 4.69) is 14.9 Å². The zero-order valence-corrected chi connectivity index (χ0v) is 11.8. The molecule has 7 nitrogen and oxygen atoms in total. The van der Waals surface area contributed by atoms with E-state index < -0.39 is 12.0 Å². The summed E-state index contributed by atoms with van der Waals surface area (Å²) in [6.07, 6.45) is 3.30. The van der Waals surface area contributed by atoms with Gasteiger partial charge in [0.2, 0.25) is 5.88 Å². The number of nitrogens with zero attached hydrogens (tertiary/aromatic N) is 4. The Morgan fingerprint density at radius 1 is 1.40 bits per heavy atom. The first-order chi connectivity index (χ1) is 9.61. The highest BCUT2D eigenvalue weighted by Gasteiger charge is 2.25. The maximum atomic E-state index is 11.0. The second-order valence-corrected chi connectivity index (χ2v) is 4.69. The minimum Gasteiger partial charge on any atom is -0.480 e. The number of carboxylic acid groups (broad SMARTS) is 1. The highest BCUT2D eigenvalue weighted by Crippen LogP contribution is 2.16. The molecule has 1 aliphatic rings. The van der Waals surface area contributed by atoms with Crippen LogP contribution in [0.5, 0.6) is 5.88 Å². The maximum Gasteiger partial charge on any atom is 0.320 e. The number of ether oxygens (including phenoxy) is 1. The van der Waals surface area contributed by atoms with E-state index in [1.165, 1.54) is 0 Å². The maximum absolute atomic E-state index is 11.0. The molecule has 1 N–H and O–H groups in total. The molecule has 0 bridgehead atoms. The number of piperazine rings is 1. The van der Waals surface area contributed by atoms with Gasteiger partial charge < -0.3 is 14.7 Å². The highest BCUT2D eigenvalue weighted by atomic mass is 16.5. The molecule has 1 aromatic rings. The Kier molecular flexibility index (Phi) is 4.73. The Morgan fingerprint density at radius 3 is 2.70 bits per heavy atom. The van der Waals surface area contributed by atoms with Crippen molar-refractivity contribution in [3.63, 3.8) is 0 Å². The fourth-order valence-corrected chi connectivity index (χ4v) is 2.20. The molecule has 7 heteroatoms. The van der Waals surface area contributed by atoms with Gasteiger partial charge in [-0.1, -0.05) is 0 Å². The quantitative estimate of drug-likeness (QED) is 0.840. The van der Waals surface area contributed by atoms with Gasteiger partial charge >= 0.3 is 5.97 Å². The molecule has 2 heterocycles. The Balaban J connectivity index is 1.96. The molecule has 1 aliphatic heterocycles. The van der Waals surface area contributed by atoms with Crippen LogP contribution in [-0.4, -0.2) is 64.8 Å². The molecular formula is C13H20N4O3. The van der Waals surface area contributed by atoms with Crippen LogP contribution in [0.15, 0.2) is 12.4 Å². The van der Waals surface area contributed by atoms with Crippen molar-refractivity contribution >= 4 is 11.8 Å². The number of aliphatic carboxylic acids is 1. The number of rotatable bonds is 5. The lowest BCUT2D eigenvalue weighted by Crippen LogP contribution is -2.52. The van der Waals surface area contributed by atoms with Gasteiger partial charge in [-0.2, -0.15) is 4.98 Å². The average molecular weight is 280 g/mol. The molecule has 2 rings (SSSR count). The van der Waals surface area contributed by atoms with Crippen molar-refractivity contribution in [3.8, 4) is 5.88 Å². The topological polar surface area (TPSA) is 78.8 Å². The average Bonchev–Trinajstić information content (AvgIpc) is 2.47. The lowest BCUT2D eigenvalue weighted by molar-refractivity contribution is -0.142. The van der Waals surface area contributed by atoms with Crippen molar-refractivity contribution in [1.29, 1.82) is 0 Å². The summed E-state index contributed by atoms with van der Waals surface area (Å²) in [7, 11) is 0. The predicted octanol–water partition coefficient (Wildman–Crippen LogP) is 0.470. The van der Waals surface area contributed by atoms with Crippen LogP contribution in [0.3, 0.4) is 0 Å². The molecular weight excluding hydrogens is 260 g/mol. The molecule has 1 fully saturated rings. The van der Waals surface area contributed by atoms with Crippen molar-refractivity contribution in [1.82, 2.24) is 14.9 Å². The molecule has 1 saturated heterocycles. The molecule has 1 unspecified atom stereocenters. The minimum absolute atomic E-state index is 0.446. The van der Waals surface area contributed by atoms with E-state index in [4.69, 9.17) is 9.84 Å². The SMILES string of the molecule is CCOc1cncc(N2CCN(C(C)C(=O)O)CC2)n1. The van der Waals surface area contributed by atoms with Crippen molar-refractivity contribution in [2.45, 2.75) is 19.9 Å². The number of aromatic nitrogens is 2. The molecule has 110 valence electrons. The summed E-state index contributed by atoms with van der Waals surface area (Å²) < 4.78 is 5.34. The highest BCUT2D eigenvalue weighted by molar-refractivity contribution is 5.72. The third-order valence-electron chi connectivity index (χ3n) is 3.44. The van der Waals surface area contributed by atoms with Crippen LogP contribution in [0, 0.1) is 0 Å². The molecule has 0 radical (unpaired) electrons. The predicted molar refractivity (Wildman–Crippen MR) is 74.1 cm³/mol. The standard InChI is InChI=1S/C13H20N4O3/c1-3-20-12-9-14-8-11(15-12)17-6-4-16(5-7-17)10(2)13(18)19/h8-10H,3-7H2,1-2H3,(H,18,19). The van der Waals surface area contributed by atoms with Crippen molar-refractivity contribution in [3.05, 3.63) is 12.4 Å². The molecule has 20 heavy (non-hydrogen) atoms. The molecule has 0 aliphatic carbocycles. The van der Waals surface area contributed by atoms with Gasteiger partial charge in [0.15, 0.2) is 5.82 Å². The number of hydrogen-bond donors (Lipinski definition) is 1. The van der Waals surface area contributed by atoms with Crippen molar-refractivity contribution < 1.29 is 14.6 Å². The minimum atomic E-state index is -0.781. The van der Waals surface area contributed by atoms with E-state index in [1.807, 2.05) is 11.8 Å². The van der Waals surface area contributed by atoms with E-state index in [9.17, 15) is 4.79 Å². The fourth-order valence-electron chi connectivity index (χ4n) is 2.20. The molecule has 0 aromatic carbocycles. The first-order valence-electron chi connectivity index (χ1n) is 6.78. The Labute approximate surface area is 118 Å². The van der Waals surface area contributed by atoms with Crippen LogP contribution in [0.1, 0.15) is 13.8 Å². The van der Waals surface area contributed by atoms with Crippen LogP contribution >= 0.6 is 0 Å². The van der Waals surface area contributed by atoms with Crippen molar-refractivity contribution in [2.24, 2.45) is 0 Å². The van der Waals surface area contributed by atoms with Gasteiger partial charge in [-0.15, -0.1) is 0 Å². The van der Waals surface area contributed by atoms with Crippen molar-refractivity contribution in [2.75, 3.05) is 37.7 Å². The normalized spacial score (nSPS) is 17.8. The monoisotopic (exact) mass is 280 g/mol. The molecule has 0 amide bonds. The Bertz CT molecular complexity index is 461. The summed E-state index contributed by atoms with van der Waals surface area (Å²) in [5, 5.41) is 9.02. The van der Waals surface area contributed by atoms with Crippen LogP contribution in [0.25, 0.3) is 0 Å². The summed E-state index contributed by atoms with van der Waals surface area (Å²) in [6, 6.07) is -0.446. The summed E-state index contributed by atoms with van der Waals surface area (Å²) >= 11 is 0. The Morgan fingerprint density at radius 2 is 2.10 bits per heavy atom. The number of carbonyl (C=O) groups is 1. The van der Waals surface area contributed by atoms with Crippen LogP contribution < -0.4 is 9.64 Å². The van der Waals surface area contributed by atoms with Gasteiger partial charge in [-0.25, -0.2) is 0 Å². The molecule has 0 saturated carbocycles. The largest absolute Gasteiger partial charge is 0.480 e. The van der Waals surface area contributed by atoms with Gasteiger partial charge in [0.1, 0.15) is 6.04 Å². The summed E-state index contributed by atoms with van der Waals surface area (Å²) in [4.78, 5) is 23.5. The lowest BCUT2D eigenvalue weighted by Gasteiger charge is -2.37. The van der Waals surface area contributed by atoms with Crippen LogP contribution in [0.4, 0.5) is 5.82 Å². The smallest absolute Gasteiger partial charge is 0.320 e. The van der Waals surface area contributed by atoms with E-state index in [0.29, 0.717) is 25.6 Å². The zero-order valence-electron chi connectivity index (χ0n) is 11.8. The molecule has 0 spiro atoms. The summed E-state index contributed by atoms with van der Waals surface area (Å²) in [6.45, 7) is 7.06. The second kappa shape index (κ2) is 6.51. The molecule has 1 atom stereocenters. The zero-order chi connectivity index (χ0) is 14.5. The first-order valence-corrected chi connectivity index (χ1v) is 6.78. The van der Waals surface area contributed by atoms with Gasteiger partial charge in [0, 0.05) is 26.2 Å². The summed E-state index contributed by atoms with van der Waals surface area (Å²) in [5.74, 6) is 0.515. The third-order valence-corrected chi connectivity index (χ3v) is 3.44. The van der Waals surface area contributed by atoms with Gasteiger partial charge in [-0.05, 0) is 13.8 Å². The van der Waals surface area contributed by atoms with Crippen LogP contribution in [0.2, 0.25) is 0 Å². The third kappa shape index (κ3) is 3.36. The van der Waals surface area contributed by atoms with Crippen LogP contribution in [-0.2, 0) is 4.79 Å². The first kappa shape index (κ1) is 14.5. The Hall–Kier alpha value is -1.89. The van der Waals surface area contributed by atoms with E-state index in [-0.39, 0.29) is 0 Å². The number of hydrogen-bond acceptors (Lipinski definition) is 6. The number of carboxylic acids is 1. The molecule has 1 aromatic heterocycles. The van der Waals surface area contributed by atoms with Gasteiger partial charge in [0.25, 0.3) is 0 Å².